The number of amides is 2. The molecule has 0 aliphatic carbocycles. The summed E-state index contributed by atoms with van der Waals surface area (Å²) in [5.41, 5.74) is 6.10. The van der Waals surface area contributed by atoms with E-state index in [9.17, 15) is 19.7 Å². The highest BCUT2D eigenvalue weighted by Gasteiger charge is 2.28. The molecule has 1 saturated heterocycles. The molecule has 1 aromatic carbocycles. The third-order valence-corrected chi connectivity index (χ3v) is 5.08. The standard InChI is InChI=1S/C17H24N4O5S/c18-8-2-1-3-15(16(22)20-9-10-27-12-20)19-17(23)26-11-13-4-6-14(7-5-13)21(24)25/h4-7,15H,1-3,8-12,18H2,(H,19,23)/t15-/m0/s1. The molecule has 3 N–H and O–H groups in total. The zero-order valence-electron chi connectivity index (χ0n) is 15.0. The molecule has 0 unspecified atom stereocenters. The van der Waals surface area contributed by atoms with Crippen molar-refractivity contribution in [3.63, 3.8) is 0 Å². The molecule has 1 aliphatic heterocycles. The summed E-state index contributed by atoms with van der Waals surface area (Å²) >= 11 is 1.68. The smallest absolute Gasteiger partial charge is 0.408 e. The van der Waals surface area contributed by atoms with E-state index in [1.807, 2.05) is 0 Å². The maximum Gasteiger partial charge on any atom is 0.408 e. The van der Waals surface area contributed by atoms with Crippen molar-refractivity contribution in [3.8, 4) is 0 Å². The first-order valence-corrected chi connectivity index (χ1v) is 9.90. The van der Waals surface area contributed by atoms with Crippen LogP contribution in [0, 0.1) is 10.1 Å². The minimum atomic E-state index is -0.689. The lowest BCUT2D eigenvalue weighted by Crippen LogP contribution is -2.47. The Labute approximate surface area is 161 Å². The summed E-state index contributed by atoms with van der Waals surface area (Å²) in [7, 11) is 0. The summed E-state index contributed by atoms with van der Waals surface area (Å²) in [4.78, 5) is 36.6. The van der Waals surface area contributed by atoms with Gasteiger partial charge in [0.15, 0.2) is 0 Å². The minimum Gasteiger partial charge on any atom is -0.445 e. The van der Waals surface area contributed by atoms with E-state index in [-0.39, 0.29) is 18.2 Å². The number of thioether (sulfide) groups is 1. The maximum atomic E-state index is 12.6. The average molecular weight is 396 g/mol. The molecule has 1 fully saturated rings. The lowest BCUT2D eigenvalue weighted by Gasteiger charge is -2.23. The number of ether oxygens (including phenoxy) is 1. The Hall–Kier alpha value is -2.33. The number of nitrogens with one attached hydrogen (secondary N) is 1. The highest BCUT2D eigenvalue weighted by atomic mass is 32.2. The van der Waals surface area contributed by atoms with Gasteiger partial charge in [-0.3, -0.25) is 14.9 Å². The van der Waals surface area contributed by atoms with Crippen molar-refractivity contribution in [2.45, 2.75) is 31.9 Å². The van der Waals surface area contributed by atoms with Gasteiger partial charge in [0, 0.05) is 24.4 Å². The second kappa shape index (κ2) is 10.7. The molecule has 27 heavy (non-hydrogen) atoms. The van der Waals surface area contributed by atoms with Crippen LogP contribution in [0.5, 0.6) is 0 Å². The summed E-state index contributed by atoms with van der Waals surface area (Å²) in [6.45, 7) is 1.18. The molecule has 9 nitrogen and oxygen atoms in total. The number of hydrogen-bond acceptors (Lipinski definition) is 7. The van der Waals surface area contributed by atoms with Crippen LogP contribution in [0.1, 0.15) is 24.8 Å². The van der Waals surface area contributed by atoms with E-state index in [1.54, 1.807) is 16.7 Å². The first kappa shape index (κ1) is 21.0. The molecule has 2 amide bonds. The van der Waals surface area contributed by atoms with Gasteiger partial charge in [-0.1, -0.05) is 0 Å². The van der Waals surface area contributed by atoms with Crippen molar-refractivity contribution in [2.75, 3.05) is 24.7 Å². The third kappa shape index (κ3) is 6.72. The van der Waals surface area contributed by atoms with E-state index >= 15 is 0 Å². The Balaban J connectivity index is 1.87. The van der Waals surface area contributed by atoms with Crippen molar-refractivity contribution in [1.29, 1.82) is 0 Å². The van der Waals surface area contributed by atoms with Crippen LogP contribution < -0.4 is 11.1 Å². The van der Waals surface area contributed by atoms with E-state index in [0.717, 1.165) is 18.6 Å². The first-order valence-electron chi connectivity index (χ1n) is 8.74. The summed E-state index contributed by atoms with van der Waals surface area (Å²) in [6.07, 6.45) is 1.32. The van der Waals surface area contributed by atoms with E-state index in [2.05, 4.69) is 5.32 Å². The van der Waals surface area contributed by atoms with Gasteiger partial charge in [-0.2, -0.15) is 0 Å². The minimum absolute atomic E-state index is 0.0303. The van der Waals surface area contributed by atoms with Crippen LogP contribution in [0.25, 0.3) is 0 Å². The topological polar surface area (TPSA) is 128 Å². The number of rotatable bonds is 9. The van der Waals surface area contributed by atoms with Crippen LogP contribution in [0.4, 0.5) is 10.5 Å². The zero-order chi connectivity index (χ0) is 19.6. The van der Waals surface area contributed by atoms with Crippen molar-refractivity contribution in [2.24, 2.45) is 5.73 Å². The lowest BCUT2D eigenvalue weighted by atomic mass is 10.1. The molecule has 10 heteroatoms. The molecule has 1 aromatic rings. The van der Waals surface area contributed by atoms with Crippen molar-refractivity contribution < 1.29 is 19.2 Å². The quantitative estimate of drug-likeness (QED) is 0.370. The van der Waals surface area contributed by atoms with Crippen LogP contribution in [0.15, 0.2) is 24.3 Å². The lowest BCUT2D eigenvalue weighted by molar-refractivity contribution is -0.384. The van der Waals surface area contributed by atoms with Crippen molar-refractivity contribution >= 4 is 29.4 Å². The zero-order valence-corrected chi connectivity index (χ0v) is 15.8. The normalized spacial score (nSPS) is 14.6. The predicted molar refractivity (Wildman–Crippen MR) is 102 cm³/mol. The number of nitrogens with zero attached hydrogens (tertiary/aromatic N) is 2. The summed E-state index contributed by atoms with van der Waals surface area (Å²) < 4.78 is 5.16. The van der Waals surface area contributed by atoms with Crippen LogP contribution >= 0.6 is 11.8 Å². The Morgan fingerprint density at radius 3 is 2.67 bits per heavy atom. The van der Waals surface area contributed by atoms with Crippen LogP contribution in [0.3, 0.4) is 0 Å². The van der Waals surface area contributed by atoms with E-state index < -0.39 is 17.1 Å². The number of benzene rings is 1. The van der Waals surface area contributed by atoms with E-state index in [1.165, 1.54) is 24.3 Å². The average Bonchev–Trinajstić information content (AvgIpc) is 3.20. The molecule has 1 aliphatic rings. The first-order chi connectivity index (χ1) is 13.0. The fourth-order valence-electron chi connectivity index (χ4n) is 2.61. The molecular formula is C17H24N4O5S. The van der Waals surface area contributed by atoms with Gasteiger partial charge in [0.1, 0.15) is 12.6 Å². The number of non-ortho nitro benzene ring substituents is 1. The van der Waals surface area contributed by atoms with Gasteiger partial charge < -0.3 is 20.7 Å². The number of nitro benzene ring substituents is 1. The van der Waals surface area contributed by atoms with Crippen LogP contribution in [-0.4, -0.2) is 52.6 Å². The summed E-state index contributed by atoms with van der Waals surface area (Å²) in [6, 6.07) is 5.11. The fraction of sp³-hybridized carbons (Fsp3) is 0.529. The van der Waals surface area contributed by atoms with Crippen molar-refractivity contribution in [1.82, 2.24) is 10.2 Å². The molecular weight excluding hydrogens is 372 g/mol. The van der Waals surface area contributed by atoms with E-state index in [0.29, 0.717) is 31.0 Å². The maximum absolute atomic E-state index is 12.6. The van der Waals surface area contributed by atoms with Gasteiger partial charge >= 0.3 is 6.09 Å². The molecule has 148 valence electrons. The van der Waals surface area contributed by atoms with Gasteiger partial charge in [-0.15, -0.1) is 11.8 Å². The van der Waals surface area contributed by atoms with Crippen molar-refractivity contribution in [3.05, 3.63) is 39.9 Å². The Kier molecular flexibility index (Phi) is 8.34. The monoisotopic (exact) mass is 396 g/mol. The SMILES string of the molecule is NCCCC[C@H](NC(=O)OCc1ccc([N+](=O)[O-])cc1)C(=O)N1CCSC1. The highest BCUT2D eigenvalue weighted by Crippen LogP contribution is 2.16. The Morgan fingerprint density at radius 2 is 2.07 bits per heavy atom. The third-order valence-electron chi connectivity index (χ3n) is 4.12. The van der Waals surface area contributed by atoms with Gasteiger partial charge in [-0.25, -0.2) is 4.79 Å². The van der Waals surface area contributed by atoms with Gasteiger partial charge in [0.2, 0.25) is 5.91 Å². The van der Waals surface area contributed by atoms with Gasteiger partial charge in [0.25, 0.3) is 5.69 Å². The molecule has 0 bridgehead atoms. The molecule has 1 atom stereocenters. The molecule has 0 radical (unpaired) electrons. The van der Waals surface area contributed by atoms with Gasteiger partial charge in [0.05, 0.1) is 10.8 Å². The highest BCUT2D eigenvalue weighted by molar-refractivity contribution is 7.99. The Morgan fingerprint density at radius 1 is 1.33 bits per heavy atom. The fourth-order valence-corrected chi connectivity index (χ4v) is 3.56. The molecule has 0 saturated carbocycles. The number of nitrogens with two attached hydrogens (primary N) is 1. The molecule has 0 spiro atoms. The molecule has 1 heterocycles. The largest absolute Gasteiger partial charge is 0.445 e. The second-order valence-electron chi connectivity index (χ2n) is 6.12. The number of carbonyl (C=O) groups is 2. The Bertz CT molecular complexity index is 649. The van der Waals surface area contributed by atoms with Gasteiger partial charge in [-0.05, 0) is 43.5 Å². The number of hydrogen-bond donors (Lipinski definition) is 2. The second-order valence-corrected chi connectivity index (χ2v) is 7.19. The van der Waals surface area contributed by atoms with Crippen LogP contribution in [-0.2, 0) is 16.1 Å². The number of carbonyl (C=O) groups excluding carboxylic acids is 2. The van der Waals surface area contributed by atoms with E-state index in [4.69, 9.17) is 10.5 Å². The number of unbranched alkanes of at least 4 members (excludes halogenated alkanes) is 1. The molecule has 0 aromatic heterocycles. The summed E-state index contributed by atoms with van der Waals surface area (Å²) in [5.74, 6) is 1.42. The predicted octanol–water partition coefficient (Wildman–Crippen LogP) is 1.85. The number of alkyl carbamates (subject to hydrolysis) is 1. The number of nitro groups is 1. The molecule has 2 rings (SSSR count). The van der Waals surface area contributed by atoms with Crippen LogP contribution in [0.2, 0.25) is 0 Å². The summed E-state index contributed by atoms with van der Waals surface area (Å²) in [5, 5.41) is 13.3.